The Bertz CT molecular complexity index is 775. The quantitative estimate of drug-likeness (QED) is 0.732. The minimum absolute atomic E-state index is 0.0967. The van der Waals surface area contributed by atoms with Crippen LogP contribution in [0.5, 0.6) is 5.88 Å². The maximum absolute atomic E-state index is 6.75. The topological polar surface area (TPSA) is 43.8 Å². The first-order chi connectivity index (χ1) is 14.2. The van der Waals surface area contributed by atoms with E-state index in [2.05, 4.69) is 53.7 Å². The van der Waals surface area contributed by atoms with E-state index < -0.39 is 0 Å². The number of hydrogen-bond acceptors (Lipinski definition) is 5. The Labute approximate surface area is 174 Å². The molecule has 0 saturated carbocycles. The Kier molecular flexibility index (Phi) is 6.48. The van der Waals surface area contributed by atoms with Crippen molar-refractivity contribution in [2.45, 2.75) is 50.4 Å². The molecule has 0 unspecified atom stereocenters. The summed E-state index contributed by atoms with van der Waals surface area (Å²) in [5, 5.41) is 0. The third kappa shape index (κ3) is 4.80. The van der Waals surface area contributed by atoms with E-state index >= 15 is 0 Å². The molecule has 0 aliphatic carbocycles. The van der Waals surface area contributed by atoms with Gasteiger partial charge in [-0.05, 0) is 31.4 Å². The number of aromatic nitrogens is 1. The second kappa shape index (κ2) is 9.24. The van der Waals surface area contributed by atoms with Crippen LogP contribution in [0.3, 0.4) is 0 Å². The van der Waals surface area contributed by atoms with E-state index in [-0.39, 0.29) is 17.8 Å². The van der Waals surface area contributed by atoms with Crippen LogP contribution in [-0.2, 0) is 9.47 Å². The van der Waals surface area contributed by atoms with Crippen LogP contribution in [0.4, 0.5) is 0 Å². The van der Waals surface area contributed by atoms with Gasteiger partial charge in [-0.25, -0.2) is 4.98 Å². The summed E-state index contributed by atoms with van der Waals surface area (Å²) in [6, 6.07) is 14.5. The van der Waals surface area contributed by atoms with Crippen LogP contribution < -0.4 is 4.74 Å². The Balaban J connectivity index is 1.44. The van der Waals surface area contributed by atoms with E-state index in [1.54, 1.807) is 13.3 Å². The summed E-state index contributed by atoms with van der Waals surface area (Å²) >= 11 is 0. The van der Waals surface area contributed by atoms with Gasteiger partial charge in [0.05, 0.1) is 24.9 Å². The summed E-state index contributed by atoms with van der Waals surface area (Å²) in [5.74, 6) is 0.613. The number of benzene rings is 1. The molecule has 2 saturated heterocycles. The van der Waals surface area contributed by atoms with Gasteiger partial charge in [0.25, 0.3) is 0 Å². The van der Waals surface area contributed by atoms with E-state index in [1.165, 1.54) is 5.56 Å². The second-order valence-corrected chi connectivity index (χ2v) is 7.88. The third-order valence-corrected chi connectivity index (χ3v) is 5.96. The van der Waals surface area contributed by atoms with Gasteiger partial charge in [-0.15, -0.1) is 0 Å². The first-order valence-corrected chi connectivity index (χ1v) is 10.6. The fraction of sp³-hybridized carbons (Fsp3) is 0.500. The lowest BCUT2D eigenvalue weighted by Crippen LogP contribution is -2.51. The molecule has 2 atom stereocenters. The Morgan fingerprint density at radius 2 is 1.97 bits per heavy atom. The van der Waals surface area contributed by atoms with Gasteiger partial charge in [-0.1, -0.05) is 36.4 Å². The van der Waals surface area contributed by atoms with Crippen molar-refractivity contribution in [1.29, 1.82) is 0 Å². The minimum Gasteiger partial charge on any atom is -0.481 e. The molecule has 1 spiro atoms. The van der Waals surface area contributed by atoms with E-state index in [0.717, 1.165) is 50.9 Å². The van der Waals surface area contributed by atoms with Crippen LogP contribution in [0.25, 0.3) is 0 Å². The van der Waals surface area contributed by atoms with Gasteiger partial charge in [0.1, 0.15) is 6.54 Å². The van der Waals surface area contributed by atoms with Gasteiger partial charge in [0.2, 0.25) is 5.88 Å². The van der Waals surface area contributed by atoms with Gasteiger partial charge in [-0.2, -0.15) is 0 Å². The van der Waals surface area contributed by atoms with Crippen molar-refractivity contribution in [2.75, 3.05) is 26.8 Å². The van der Waals surface area contributed by atoms with Crippen LogP contribution in [0.2, 0.25) is 0 Å². The minimum atomic E-state index is -0.129. The molecule has 2 aromatic rings. The molecule has 5 heteroatoms. The second-order valence-electron chi connectivity index (χ2n) is 7.88. The van der Waals surface area contributed by atoms with Crippen molar-refractivity contribution in [3.63, 3.8) is 0 Å². The lowest BCUT2D eigenvalue weighted by Gasteiger charge is -2.48. The fourth-order valence-corrected chi connectivity index (χ4v) is 4.53. The molecule has 5 nitrogen and oxygen atoms in total. The molecular weight excluding hydrogens is 364 g/mol. The zero-order valence-corrected chi connectivity index (χ0v) is 17.3. The van der Waals surface area contributed by atoms with Gasteiger partial charge in [0, 0.05) is 44.3 Å². The molecule has 0 N–H and O–H groups in total. The number of pyridine rings is 1. The molecule has 2 aliphatic heterocycles. The van der Waals surface area contributed by atoms with Crippen LogP contribution in [0.15, 0.2) is 48.7 Å². The number of methoxy groups -OCH3 is 1. The van der Waals surface area contributed by atoms with Crippen molar-refractivity contribution in [3.8, 4) is 5.88 Å². The maximum Gasteiger partial charge on any atom is 0.218 e. The molecule has 29 heavy (non-hydrogen) atoms. The lowest BCUT2D eigenvalue weighted by atomic mass is 9.80. The highest BCUT2D eigenvalue weighted by atomic mass is 16.5. The average molecular weight is 395 g/mol. The molecule has 1 aromatic carbocycles. The number of likely N-dealkylation sites (tertiary alicyclic amines) is 1. The molecule has 2 fully saturated rings. The normalized spacial score (nSPS) is 24.5. The van der Waals surface area contributed by atoms with Gasteiger partial charge in [0.15, 0.2) is 0 Å². The van der Waals surface area contributed by atoms with E-state index in [4.69, 9.17) is 14.2 Å². The highest BCUT2D eigenvalue weighted by Crippen LogP contribution is 2.44. The van der Waals surface area contributed by atoms with Crippen molar-refractivity contribution in [1.82, 2.24) is 9.88 Å². The standard InChI is InChI=1S/C24H30N2O3/c1-3-28-21-16-22(19-8-5-4-6-9-19)29-24(17-21)11-14-26(15-12-24)18-20-10-7-13-25-23(20)27-2/h4-10,13,21-22H,3,11-12,14-17H2,1-2H3/t21-,22-/m1/s1. The average Bonchev–Trinajstić information content (AvgIpc) is 2.76. The Morgan fingerprint density at radius 3 is 2.69 bits per heavy atom. The summed E-state index contributed by atoms with van der Waals surface area (Å²) < 4.78 is 18.2. The largest absolute Gasteiger partial charge is 0.481 e. The maximum atomic E-state index is 6.75. The number of rotatable bonds is 6. The molecule has 3 heterocycles. The van der Waals surface area contributed by atoms with E-state index in [1.807, 2.05) is 12.1 Å². The molecule has 2 radical (unpaired) electrons. The summed E-state index contributed by atoms with van der Waals surface area (Å²) in [7, 11) is 1.65. The van der Waals surface area contributed by atoms with Crippen LogP contribution >= 0.6 is 0 Å². The summed E-state index contributed by atoms with van der Waals surface area (Å²) in [6.45, 7) is 8.09. The predicted octanol–water partition coefficient (Wildman–Crippen LogP) is 4.27. The van der Waals surface area contributed by atoms with Gasteiger partial charge < -0.3 is 14.2 Å². The molecule has 1 aromatic heterocycles. The molecule has 154 valence electrons. The Morgan fingerprint density at radius 1 is 1.17 bits per heavy atom. The SMILES string of the molecule is CCO[C@@H]1C[C@H](c2ccccc2)OC2(CCN([C]c3cccnc3OC)CC2)C1. The van der Waals surface area contributed by atoms with Gasteiger partial charge in [-0.3, -0.25) is 4.90 Å². The first-order valence-electron chi connectivity index (χ1n) is 10.6. The summed E-state index contributed by atoms with van der Waals surface area (Å²) in [4.78, 5) is 6.50. The number of nitrogens with zero attached hydrogens (tertiary/aromatic N) is 2. The molecular formula is C24H30N2O3. The molecule has 2 aliphatic rings. The van der Waals surface area contributed by atoms with E-state index in [0.29, 0.717) is 5.88 Å². The van der Waals surface area contributed by atoms with Crippen LogP contribution in [0, 0.1) is 6.54 Å². The number of piperidine rings is 1. The van der Waals surface area contributed by atoms with Crippen molar-refractivity contribution >= 4 is 0 Å². The van der Waals surface area contributed by atoms with Crippen LogP contribution in [-0.4, -0.2) is 48.4 Å². The summed E-state index contributed by atoms with van der Waals surface area (Å²) in [6.07, 6.45) is 5.91. The lowest BCUT2D eigenvalue weighted by molar-refractivity contribution is -0.191. The third-order valence-electron chi connectivity index (χ3n) is 5.96. The highest BCUT2D eigenvalue weighted by molar-refractivity contribution is 5.31. The van der Waals surface area contributed by atoms with E-state index in [9.17, 15) is 0 Å². The Hall–Kier alpha value is -1.95. The number of ether oxygens (including phenoxy) is 3. The van der Waals surface area contributed by atoms with Gasteiger partial charge >= 0.3 is 0 Å². The zero-order chi connectivity index (χ0) is 20.1. The molecule has 4 rings (SSSR count). The highest BCUT2D eigenvalue weighted by Gasteiger charge is 2.44. The fourth-order valence-electron chi connectivity index (χ4n) is 4.53. The predicted molar refractivity (Wildman–Crippen MR) is 112 cm³/mol. The smallest absolute Gasteiger partial charge is 0.218 e. The zero-order valence-electron chi connectivity index (χ0n) is 17.3. The molecule has 0 amide bonds. The molecule has 0 bridgehead atoms. The van der Waals surface area contributed by atoms with Crippen molar-refractivity contribution in [3.05, 3.63) is 66.3 Å². The number of hydrogen-bond donors (Lipinski definition) is 0. The monoisotopic (exact) mass is 394 g/mol. The van der Waals surface area contributed by atoms with Crippen molar-refractivity contribution < 1.29 is 14.2 Å². The van der Waals surface area contributed by atoms with Crippen LogP contribution in [0.1, 0.15) is 49.8 Å². The summed E-state index contributed by atoms with van der Waals surface area (Å²) in [5.41, 5.74) is 2.01. The van der Waals surface area contributed by atoms with Crippen molar-refractivity contribution in [2.24, 2.45) is 0 Å². The first kappa shape index (κ1) is 20.3.